The third kappa shape index (κ3) is 3.17. The highest BCUT2D eigenvalue weighted by Gasteiger charge is 2.16. The van der Waals surface area contributed by atoms with E-state index in [0.717, 1.165) is 23.1 Å². The van der Waals surface area contributed by atoms with Crippen LogP contribution in [-0.2, 0) is 11.2 Å². The van der Waals surface area contributed by atoms with Crippen molar-refractivity contribution in [3.05, 3.63) is 32.9 Å². The van der Waals surface area contributed by atoms with Crippen molar-refractivity contribution in [2.45, 2.75) is 23.7 Å². The Hall–Kier alpha value is -0.890. The minimum atomic E-state index is -0.415. The van der Waals surface area contributed by atoms with Crippen molar-refractivity contribution < 1.29 is 9.53 Å². The minimum Gasteiger partial charge on any atom is -0.465 e. The molecule has 0 spiro atoms. The van der Waals surface area contributed by atoms with Crippen LogP contribution in [0.2, 0.25) is 0 Å². The number of thiophene rings is 1. The minimum absolute atomic E-state index is 0.174. The molecule has 0 bridgehead atoms. The quantitative estimate of drug-likeness (QED) is 0.495. The van der Waals surface area contributed by atoms with E-state index >= 15 is 0 Å². The number of nitrogens with one attached hydrogen (secondary N) is 1. The second-order valence-electron chi connectivity index (χ2n) is 4.32. The van der Waals surface area contributed by atoms with Gasteiger partial charge in [-0.1, -0.05) is 29.5 Å². The molecule has 2 aromatic heterocycles. The summed E-state index contributed by atoms with van der Waals surface area (Å²) in [6.45, 7) is 2.14. The van der Waals surface area contributed by atoms with E-state index in [2.05, 4.69) is 34.5 Å². The van der Waals surface area contributed by atoms with E-state index in [-0.39, 0.29) is 5.56 Å². The number of alkyl halides is 1. The van der Waals surface area contributed by atoms with Gasteiger partial charge in [0.05, 0.1) is 22.9 Å². The van der Waals surface area contributed by atoms with Gasteiger partial charge >= 0.3 is 5.97 Å². The third-order valence-electron chi connectivity index (χ3n) is 2.85. The van der Waals surface area contributed by atoms with Crippen molar-refractivity contribution >= 4 is 50.1 Å². The molecule has 0 aliphatic carbocycles. The number of aromatic nitrogens is 1. The molecule has 0 aliphatic heterocycles. The summed E-state index contributed by atoms with van der Waals surface area (Å²) in [5.74, 6) is -0.415. The largest absolute Gasteiger partial charge is 0.465 e. The molecule has 0 saturated carbocycles. The first-order chi connectivity index (χ1) is 9.02. The maximum Gasteiger partial charge on any atom is 0.340 e. The van der Waals surface area contributed by atoms with Crippen LogP contribution >= 0.6 is 33.9 Å². The van der Waals surface area contributed by atoms with Gasteiger partial charge in [0, 0.05) is 15.4 Å². The predicted molar refractivity (Wildman–Crippen MR) is 85.6 cm³/mol. The van der Waals surface area contributed by atoms with E-state index in [0.29, 0.717) is 15.0 Å². The lowest BCUT2D eigenvalue weighted by molar-refractivity contribution is 0.0603. The summed E-state index contributed by atoms with van der Waals surface area (Å²) in [6, 6.07) is 1.62. The van der Waals surface area contributed by atoms with Gasteiger partial charge in [0.25, 0.3) is 0 Å². The zero-order chi connectivity index (χ0) is 14.0. The maximum atomic E-state index is 11.7. The Labute approximate surface area is 128 Å². The first kappa shape index (κ1) is 14.5. The molecule has 0 saturated heterocycles. The maximum absolute atomic E-state index is 11.7. The zero-order valence-electron chi connectivity index (χ0n) is 10.7. The number of carbonyl (C=O) groups excluding carboxylic acids is 1. The molecule has 0 fully saturated rings. The van der Waals surface area contributed by atoms with E-state index < -0.39 is 5.97 Å². The molecule has 0 aliphatic rings. The fourth-order valence-electron chi connectivity index (χ4n) is 1.90. The number of fused-ring (bicyclic) bond motifs is 1. The molecule has 6 heteroatoms. The number of aromatic amines is 1. The Morgan fingerprint density at radius 3 is 2.95 bits per heavy atom. The number of esters is 1. The normalized spacial score (nSPS) is 12.6. The van der Waals surface area contributed by atoms with Crippen molar-refractivity contribution in [1.29, 1.82) is 0 Å². The summed E-state index contributed by atoms with van der Waals surface area (Å²) < 4.78 is 6.24. The molecular weight excluding hydrogens is 377 g/mol. The van der Waals surface area contributed by atoms with Crippen LogP contribution in [0.5, 0.6) is 0 Å². The number of methoxy groups -OCH3 is 1. The molecule has 102 valence electrons. The molecule has 1 atom stereocenters. The van der Waals surface area contributed by atoms with Crippen molar-refractivity contribution in [2.24, 2.45) is 0 Å². The molecular formula is C13H14INO3S. The van der Waals surface area contributed by atoms with Gasteiger partial charge in [-0.3, -0.25) is 4.79 Å². The van der Waals surface area contributed by atoms with Gasteiger partial charge in [0.2, 0.25) is 5.56 Å². The second-order valence-corrected chi connectivity index (χ2v) is 7.33. The summed E-state index contributed by atoms with van der Waals surface area (Å²) in [5.41, 5.74) is 1.86. The van der Waals surface area contributed by atoms with E-state index in [1.165, 1.54) is 18.4 Å². The van der Waals surface area contributed by atoms with Crippen LogP contribution in [-0.4, -0.2) is 22.0 Å². The highest BCUT2D eigenvalue weighted by atomic mass is 127. The molecule has 1 unspecified atom stereocenters. The molecule has 0 aromatic carbocycles. The highest BCUT2D eigenvalue weighted by molar-refractivity contribution is 14.1. The number of hydrogen-bond acceptors (Lipinski definition) is 4. The van der Waals surface area contributed by atoms with Crippen molar-refractivity contribution in [1.82, 2.24) is 4.98 Å². The molecule has 2 rings (SSSR count). The molecule has 19 heavy (non-hydrogen) atoms. The number of hydrogen-bond donors (Lipinski definition) is 1. The number of halogens is 1. The summed E-state index contributed by atoms with van der Waals surface area (Å²) in [4.78, 5) is 26.1. The lowest BCUT2D eigenvalue weighted by Crippen LogP contribution is -2.09. The predicted octanol–water partition coefficient (Wildman–Crippen LogP) is 3.13. The van der Waals surface area contributed by atoms with Gasteiger partial charge in [-0.15, -0.1) is 11.3 Å². The number of pyridine rings is 1. The first-order valence-electron chi connectivity index (χ1n) is 5.88. The van der Waals surface area contributed by atoms with Gasteiger partial charge in [0.15, 0.2) is 0 Å². The van der Waals surface area contributed by atoms with E-state index in [4.69, 9.17) is 4.74 Å². The first-order valence-corrected chi connectivity index (χ1v) is 8.01. The van der Waals surface area contributed by atoms with E-state index in [9.17, 15) is 9.59 Å². The Kier molecular flexibility index (Phi) is 4.62. The third-order valence-corrected chi connectivity index (χ3v) is 4.53. The Bertz CT molecular complexity index is 659. The second kappa shape index (κ2) is 6.04. The number of carbonyl (C=O) groups is 1. The summed E-state index contributed by atoms with van der Waals surface area (Å²) in [6.07, 6.45) is 1.84. The van der Waals surface area contributed by atoms with Crippen molar-refractivity contribution in [2.75, 3.05) is 7.11 Å². The summed E-state index contributed by atoms with van der Waals surface area (Å²) in [5, 5.41) is 1.74. The molecule has 1 N–H and O–H groups in total. The summed E-state index contributed by atoms with van der Waals surface area (Å²) >= 11 is 3.84. The van der Waals surface area contributed by atoms with Gasteiger partial charge in [0.1, 0.15) is 0 Å². The molecule has 0 amide bonds. The number of aryl methyl sites for hydroxylation is 1. The summed E-state index contributed by atoms with van der Waals surface area (Å²) in [7, 11) is 1.34. The van der Waals surface area contributed by atoms with Gasteiger partial charge in [-0.25, -0.2) is 4.79 Å². The lowest BCUT2D eigenvalue weighted by atomic mass is 10.1. The van der Waals surface area contributed by atoms with Gasteiger partial charge in [-0.05, 0) is 18.4 Å². The Morgan fingerprint density at radius 1 is 1.58 bits per heavy atom. The molecule has 2 heterocycles. The average Bonchev–Trinajstić information content (AvgIpc) is 2.78. The van der Waals surface area contributed by atoms with E-state index in [1.54, 1.807) is 11.4 Å². The van der Waals surface area contributed by atoms with Crippen LogP contribution in [0, 0.1) is 0 Å². The van der Waals surface area contributed by atoms with Crippen molar-refractivity contribution in [3.63, 3.8) is 0 Å². The fourth-order valence-corrected chi connectivity index (χ4v) is 3.25. The molecule has 2 aromatic rings. The van der Waals surface area contributed by atoms with E-state index in [1.807, 2.05) is 0 Å². The van der Waals surface area contributed by atoms with Gasteiger partial charge < -0.3 is 9.72 Å². The SMILES string of the molecule is COC(=O)c1csc2c(CCC(C)I)cc(=O)[nH]c12. The molecule has 4 nitrogen and oxygen atoms in total. The van der Waals surface area contributed by atoms with Crippen LogP contribution in [0.15, 0.2) is 16.2 Å². The zero-order valence-corrected chi connectivity index (χ0v) is 13.6. The highest BCUT2D eigenvalue weighted by Crippen LogP contribution is 2.28. The van der Waals surface area contributed by atoms with Gasteiger partial charge in [-0.2, -0.15) is 0 Å². The Morgan fingerprint density at radius 2 is 2.32 bits per heavy atom. The van der Waals surface area contributed by atoms with Crippen LogP contribution in [0.25, 0.3) is 10.2 Å². The van der Waals surface area contributed by atoms with Crippen LogP contribution in [0.4, 0.5) is 0 Å². The van der Waals surface area contributed by atoms with Crippen molar-refractivity contribution in [3.8, 4) is 0 Å². The topological polar surface area (TPSA) is 59.2 Å². The fraction of sp³-hybridized carbons (Fsp3) is 0.385. The number of ether oxygens (including phenoxy) is 1. The lowest BCUT2D eigenvalue weighted by Gasteiger charge is -2.05. The van der Waals surface area contributed by atoms with Crippen LogP contribution in [0.3, 0.4) is 0 Å². The average molecular weight is 391 g/mol. The number of rotatable bonds is 4. The standard InChI is InChI=1S/C13H14INO3S/c1-7(14)3-4-8-5-10(16)15-11-9(13(17)18-2)6-19-12(8)11/h5-7H,3-4H2,1-2H3,(H,15,16). The molecule has 0 radical (unpaired) electrons. The Balaban J connectivity index is 2.51. The monoisotopic (exact) mass is 391 g/mol. The number of H-pyrrole nitrogens is 1. The van der Waals surface area contributed by atoms with Crippen LogP contribution < -0.4 is 5.56 Å². The smallest absolute Gasteiger partial charge is 0.340 e. The van der Waals surface area contributed by atoms with Crippen LogP contribution in [0.1, 0.15) is 29.3 Å².